The maximum Gasteiger partial charge on any atom is 0.329 e. The van der Waals surface area contributed by atoms with E-state index in [-0.39, 0.29) is 24.0 Å². The molecule has 9 heteroatoms. The zero-order chi connectivity index (χ0) is 27.2. The smallest absolute Gasteiger partial charge is 0.329 e. The Labute approximate surface area is 228 Å². The molecule has 2 aliphatic rings. The number of hydrogen-bond acceptors (Lipinski definition) is 5. The number of aromatic nitrogens is 2. The Morgan fingerprint density at radius 2 is 1.62 bits per heavy atom. The Hall–Kier alpha value is -3.69. The van der Waals surface area contributed by atoms with Crippen LogP contribution < -0.4 is 16.3 Å². The van der Waals surface area contributed by atoms with Gasteiger partial charge in [0.25, 0.3) is 11.8 Å². The molecule has 5 rings (SSSR count). The van der Waals surface area contributed by atoms with Crippen LogP contribution in [-0.2, 0) is 6.54 Å². The summed E-state index contributed by atoms with van der Waals surface area (Å²) >= 11 is 0. The third-order valence-electron chi connectivity index (χ3n) is 7.73. The van der Waals surface area contributed by atoms with Gasteiger partial charge in [0, 0.05) is 50.4 Å². The predicted octanol–water partition coefficient (Wildman–Crippen LogP) is 2.66. The number of piperazine rings is 1. The summed E-state index contributed by atoms with van der Waals surface area (Å²) in [5.74, 6) is -0.349. The second kappa shape index (κ2) is 12.4. The van der Waals surface area contributed by atoms with Gasteiger partial charge in [-0.3, -0.25) is 18.7 Å². The standard InChI is InChI=1S/C30H37N5O4/c36-25-15-8-7-14-24(25)35-26(22-10-3-1-4-11-22)27(29(38)33-20-17-31-18-21-33)34(30(35)39)19-9-16-32-28(37)23-12-5-2-6-13-23/h1-6,10-13,24-25,31,36H,7-9,14-21H2,(H,32,37)/t24?,25-/m1/s1. The first-order chi connectivity index (χ1) is 19.1. The molecule has 1 saturated heterocycles. The molecule has 1 unspecified atom stereocenters. The summed E-state index contributed by atoms with van der Waals surface area (Å²) in [4.78, 5) is 42.5. The molecule has 39 heavy (non-hydrogen) atoms. The first kappa shape index (κ1) is 26.9. The lowest BCUT2D eigenvalue weighted by Gasteiger charge is -2.30. The largest absolute Gasteiger partial charge is 0.391 e. The second-order valence-corrected chi connectivity index (χ2v) is 10.3. The van der Waals surface area contributed by atoms with E-state index in [1.54, 1.807) is 26.2 Å². The second-order valence-electron chi connectivity index (χ2n) is 10.3. The van der Waals surface area contributed by atoms with Gasteiger partial charge >= 0.3 is 5.69 Å². The van der Waals surface area contributed by atoms with Crippen molar-refractivity contribution in [2.45, 2.75) is 50.8 Å². The molecule has 3 aromatic rings. The van der Waals surface area contributed by atoms with Crippen molar-refractivity contribution < 1.29 is 14.7 Å². The van der Waals surface area contributed by atoms with Gasteiger partial charge in [-0.15, -0.1) is 0 Å². The molecule has 0 bridgehead atoms. The van der Waals surface area contributed by atoms with E-state index in [1.165, 1.54) is 0 Å². The molecular formula is C30H37N5O4. The lowest BCUT2D eigenvalue weighted by Crippen LogP contribution is -2.47. The number of carbonyl (C=O) groups excluding carboxylic acids is 2. The molecule has 2 aromatic carbocycles. The Kier molecular flexibility index (Phi) is 8.58. The van der Waals surface area contributed by atoms with Crippen molar-refractivity contribution in [2.75, 3.05) is 32.7 Å². The van der Waals surface area contributed by atoms with Gasteiger partial charge in [0.05, 0.1) is 17.8 Å². The van der Waals surface area contributed by atoms with Crippen LogP contribution in [0.1, 0.15) is 59.0 Å². The number of aliphatic hydroxyl groups is 1. The fraction of sp³-hybridized carbons (Fsp3) is 0.433. The predicted molar refractivity (Wildman–Crippen MR) is 150 cm³/mol. The highest BCUT2D eigenvalue weighted by molar-refractivity contribution is 5.99. The summed E-state index contributed by atoms with van der Waals surface area (Å²) in [6.45, 7) is 3.15. The van der Waals surface area contributed by atoms with Crippen LogP contribution in [0.4, 0.5) is 0 Å². The number of nitrogens with one attached hydrogen (secondary N) is 2. The number of carbonyl (C=O) groups is 2. The van der Waals surface area contributed by atoms with Crippen molar-refractivity contribution in [3.05, 3.63) is 82.4 Å². The quantitative estimate of drug-likeness (QED) is 0.388. The Bertz CT molecular complexity index is 1330. The summed E-state index contributed by atoms with van der Waals surface area (Å²) in [6.07, 6.45) is 2.97. The van der Waals surface area contributed by atoms with Crippen LogP contribution in [0.3, 0.4) is 0 Å². The molecule has 206 valence electrons. The van der Waals surface area contributed by atoms with Crippen molar-refractivity contribution in [3.63, 3.8) is 0 Å². The van der Waals surface area contributed by atoms with Crippen LogP contribution in [0.25, 0.3) is 11.3 Å². The van der Waals surface area contributed by atoms with Crippen LogP contribution in [0, 0.1) is 0 Å². The molecule has 1 saturated carbocycles. The highest BCUT2D eigenvalue weighted by atomic mass is 16.3. The van der Waals surface area contributed by atoms with E-state index in [1.807, 2.05) is 48.5 Å². The van der Waals surface area contributed by atoms with Crippen molar-refractivity contribution in [1.29, 1.82) is 0 Å². The summed E-state index contributed by atoms with van der Waals surface area (Å²) in [6, 6.07) is 18.1. The molecule has 2 atom stereocenters. The normalized spacial score (nSPS) is 19.6. The van der Waals surface area contributed by atoms with Crippen LogP contribution in [0.2, 0.25) is 0 Å². The van der Waals surface area contributed by atoms with Gasteiger partial charge in [0.2, 0.25) is 0 Å². The first-order valence-corrected chi connectivity index (χ1v) is 14.0. The van der Waals surface area contributed by atoms with Gasteiger partial charge in [0.15, 0.2) is 0 Å². The van der Waals surface area contributed by atoms with E-state index in [9.17, 15) is 19.5 Å². The fourth-order valence-electron chi connectivity index (χ4n) is 5.71. The number of amides is 2. The van der Waals surface area contributed by atoms with Crippen molar-refractivity contribution >= 4 is 11.8 Å². The molecule has 2 amide bonds. The topological polar surface area (TPSA) is 109 Å². The number of rotatable bonds is 8. The van der Waals surface area contributed by atoms with Gasteiger partial charge in [-0.25, -0.2) is 4.79 Å². The fourth-order valence-corrected chi connectivity index (χ4v) is 5.71. The van der Waals surface area contributed by atoms with Crippen molar-refractivity contribution in [3.8, 4) is 11.3 Å². The van der Waals surface area contributed by atoms with Crippen molar-refractivity contribution in [2.24, 2.45) is 0 Å². The van der Waals surface area contributed by atoms with Crippen molar-refractivity contribution in [1.82, 2.24) is 24.7 Å². The highest BCUT2D eigenvalue weighted by Crippen LogP contribution is 2.34. The first-order valence-electron chi connectivity index (χ1n) is 14.0. The maximum atomic E-state index is 14.1. The average Bonchev–Trinajstić information content (AvgIpc) is 3.27. The van der Waals surface area contributed by atoms with E-state index >= 15 is 0 Å². The molecule has 1 aliphatic heterocycles. The monoisotopic (exact) mass is 531 g/mol. The van der Waals surface area contributed by atoms with Crippen LogP contribution >= 0.6 is 0 Å². The zero-order valence-corrected chi connectivity index (χ0v) is 22.2. The van der Waals surface area contributed by atoms with E-state index in [2.05, 4.69) is 10.6 Å². The summed E-state index contributed by atoms with van der Waals surface area (Å²) in [5.41, 5.74) is 2.01. The van der Waals surface area contributed by atoms with Crippen LogP contribution in [0.15, 0.2) is 65.5 Å². The zero-order valence-electron chi connectivity index (χ0n) is 22.2. The molecule has 2 heterocycles. The third kappa shape index (κ3) is 5.84. The number of nitrogens with zero attached hydrogens (tertiary/aromatic N) is 3. The molecule has 2 fully saturated rings. The van der Waals surface area contributed by atoms with Gasteiger partial charge in [-0.2, -0.15) is 0 Å². The SMILES string of the molecule is O=C(NCCCn1c(C(=O)N2CCNCC2)c(-c2ccccc2)n(C2CCCC[C@H]2O)c1=O)c1ccccc1. The molecule has 1 aromatic heterocycles. The van der Waals surface area contributed by atoms with E-state index in [0.29, 0.717) is 68.9 Å². The lowest BCUT2D eigenvalue weighted by atomic mass is 9.92. The number of imidazole rings is 1. The Morgan fingerprint density at radius 3 is 2.31 bits per heavy atom. The van der Waals surface area contributed by atoms with E-state index in [4.69, 9.17) is 0 Å². The van der Waals surface area contributed by atoms with E-state index < -0.39 is 12.1 Å². The molecule has 1 aliphatic carbocycles. The molecular weight excluding hydrogens is 494 g/mol. The highest BCUT2D eigenvalue weighted by Gasteiger charge is 2.35. The van der Waals surface area contributed by atoms with Crippen LogP contribution in [-0.4, -0.2) is 69.8 Å². The number of aliphatic hydroxyl groups excluding tert-OH is 1. The molecule has 0 radical (unpaired) electrons. The molecule has 9 nitrogen and oxygen atoms in total. The van der Waals surface area contributed by atoms with Gasteiger partial charge in [-0.1, -0.05) is 61.4 Å². The lowest BCUT2D eigenvalue weighted by molar-refractivity contribution is 0.0719. The number of hydrogen-bond donors (Lipinski definition) is 3. The number of benzene rings is 2. The minimum atomic E-state index is -0.651. The molecule has 0 spiro atoms. The summed E-state index contributed by atoms with van der Waals surface area (Å²) in [7, 11) is 0. The average molecular weight is 532 g/mol. The summed E-state index contributed by atoms with van der Waals surface area (Å²) in [5, 5.41) is 17.2. The van der Waals surface area contributed by atoms with Gasteiger partial charge < -0.3 is 20.6 Å². The summed E-state index contributed by atoms with van der Waals surface area (Å²) < 4.78 is 3.25. The van der Waals surface area contributed by atoms with E-state index in [0.717, 1.165) is 18.4 Å². The Balaban J connectivity index is 1.51. The minimum absolute atomic E-state index is 0.173. The minimum Gasteiger partial charge on any atom is -0.391 e. The molecule has 3 N–H and O–H groups in total. The third-order valence-corrected chi connectivity index (χ3v) is 7.73. The Morgan fingerprint density at radius 1 is 0.949 bits per heavy atom. The van der Waals surface area contributed by atoms with Crippen LogP contribution in [0.5, 0.6) is 0 Å². The van der Waals surface area contributed by atoms with Gasteiger partial charge in [-0.05, 0) is 31.4 Å². The maximum absolute atomic E-state index is 14.1. The van der Waals surface area contributed by atoms with Gasteiger partial charge in [0.1, 0.15) is 5.69 Å².